The number of anilines is 2. The number of ether oxygens (including phenoxy) is 1. The van der Waals surface area contributed by atoms with Crippen molar-refractivity contribution in [3.63, 3.8) is 0 Å². The lowest BCUT2D eigenvalue weighted by atomic mass is 10.1. The third kappa shape index (κ3) is 4.54. The average Bonchev–Trinajstić information content (AvgIpc) is 2.56. The SMILES string of the molecule is CCNc1nc(C)cc(N2CCN(CC3CCCCO3)CC2)n1. The number of aromatic nitrogens is 2. The molecule has 0 amide bonds. The quantitative estimate of drug-likeness (QED) is 0.895. The van der Waals surface area contributed by atoms with Gasteiger partial charge in [-0.1, -0.05) is 0 Å². The number of piperazine rings is 1. The smallest absolute Gasteiger partial charge is 0.224 e. The van der Waals surface area contributed by atoms with E-state index in [9.17, 15) is 0 Å². The fourth-order valence-corrected chi connectivity index (χ4v) is 3.35. The largest absolute Gasteiger partial charge is 0.377 e. The minimum Gasteiger partial charge on any atom is -0.377 e. The van der Waals surface area contributed by atoms with E-state index in [0.717, 1.165) is 63.3 Å². The van der Waals surface area contributed by atoms with Crippen LogP contribution in [0.1, 0.15) is 31.9 Å². The van der Waals surface area contributed by atoms with Gasteiger partial charge in [0.05, 0.1) is 6.10 Å². The Balaban J connectivity index is 1.54. The fourth-order valence-electron chi connectivity index (χ4n) is 3.35. The zero-order chi connectivity index (χ0) is 16.1. The first-order chi connectivity index (χ1) is 11.2. The van der Waals surface area contributed by atoms with Crippen LogP contribution in [0.25, 0.3) is 0 Å². The third-order valence-electron chi connectivity index (χ3n) is 4.61. The predicted octanol–water partition coefficient (Wildman–Crippen LogP) is 1.91. The lowest BCUT2D eigenvalue weighted by molar-refractivity contribution is -0.00646. The van der Waals surface area contributed by atoms with Crippen LogP contribution in [0.5, 0.6) is 0 Å². The maximum absolute atomic E-state index is 5.87. The third-order valence-corrected chi connectivity index (χ3v) is 4.61. The van der Waals surface area contributed by atoms with E-state index in [1.54, 1.807) is 0 Å². The second-order valence-corrected chi connectivity index (χ2v) is 6.50. The second kappa shape index (κ2) is 7.93. The number of aryl methyl sites for hydroxylation is 1. The van der Waals surface area contributed by atoms with E-state index in [0.29, 0.717) is 6.10 Å². The van der Waals surface area contributed by atoms with Gasteiger partial charge < -0.3 is 15.0 Å². The summed E-state index contributed by atoms with van der Waals surface area (Å²) in [6.45, 7) is 11.2. The van der Waals surface area contributed by atoms with Gasteiger partial charge in [-0.15, -0.1) is 0 Å². The van der Waals surface area contributed by atoms with Gasteiger partial charge in [0.2, 0.25) is 5.95 Å². The highest BCUT2D eigenvalue weighted by Gasteiger charge is 2.23. The first kappa shape index (κ1) is 16.5. The zero-order valence-corrected chi connectivity index (χ0v) is 14.4. The molecule has 1 unspecified atom stereocenters. The van der Waals surface area contributed by atoms with Gasteiger partial charge in [-0.2, -0.15) is 4.98 Å². The second-order valence-electron chi connectivity index (χ2n) is 6.50. The lowest BCUT2D eigenvalue weighted by Gasteiger charge is -2.37. The normalized spacial score (nSPS) is 23.0. The van der Waals surface area contributed by atoms with Crippen molar-refractivity contribution in [2.24, 2.45) is 0 Å². The molecule has 1 aromatic heterocycles. The summed E-state index contributed by atoms with van der Waals surface area (Å²) in [4.78, 5) is 14.0. The summed E-state index contributed by atoms with van der Waals surface area (Å²) in [7, 11) is 0. The Morgan fingerprint density at radius 2 is 2.04 bits per heavy atom. The molecule has 3 rings (SSSR count). The van der Waals surface area contributed by atoms with Crippen molar-refractivity contribution < 1.29 is 4.74 Å². The molecule has 0 aromatic carbocycles. The Hall–Kier alpha value is -1.40. The molecule has 0 radical (unpaired) electrons. The van der Waals surface area contributed by atoms with Crippen LogP contribution >= 0.6 is 0 Å². The van der Waals surface area contributed by atoms with Crippen molar-refractivity contribution in [1.29, 1.82) is 0 Å². The molecular weight excluding hydrogens is 290 g/mol. The van der Waals surface area contributed by atoms with E-state index in [1.807, 2.05) is 6.92 Å². The highest BCUT2D eigenvalue weighted by atomic mass is 16.5. The summed E-state index contributed by atoms with van der Waals surface area (Å²) < 4.78 is 5.87. The standard InChI is InChI=1S/C17H29N5O/c1-3-18-17-19-14(2)12-16(20-17)22-9-7-21(8-10-22)13-15-6-4-5-11-23-15/h12,15H,3-11,13H2,1-2H3,(H,18,19,20). The van der Waals surface area contributed by atoms with E-state index >= 15 is 0 Å². The molecular formula is C17H29N5O. The molecule has 1 N–H and O–H groups in total. The van der Waals surface area contributed by atoms with Gasteiger partial charge in [0.1, 0.15) is 5.82 Å². The van der Waals surface area contributed by atoms with E-state index in [1.165, 1.54) is 19.3 Å². The van der Waals surface area contributed by atoms with Crippen molar-refractivity contribution in [2.45, 2.75) is 39.2 Å². The Morgan fingerprint density at radius 1 is 1.22 bits per heavy atom. The van der Waals surface area contributed by atoms with Gasteiger partial charge in [0.25, 0.3) is 0 Å². The zero-order valence-electron chi connectivity index (χ0n) is 14.4. The molecule has 6 heteroatoms. The van der Waals surface area contributed by atoms with E-state index in [2.05, 4.69) is 38.1 Å². The fraction of sp³-hybridized carbons (Fsp3) is 0.765. The van der Waals surface area contributed by atoms with Crippen LogP contribution in [0.15, 0.2) is 6.07 Å². The van der Waals surface area contributed by atoms with Gasteiger partial charge in [-0.05, 0) is 33.1 Å². The number of nitrogens with zero attached hydrogens (tertiary/aromatic N) is 4. The minimum absolute atomic E-state index is 0.442. The molecule has 6 nitrogen and oxygen atoms in total. The average molecular weight is 319 g/mol. The minimum atomic E-state index is 0.442. The van der Waals surface area contributed by atoms with E-state index < -0.39 is 0 Å². The molecule has 1 atom stereocenters. The maximum Gasteiger partial charge on any atom is 0.224 e. The van der Waals surface area contributed by atoms with Crippen LogP contribution in [-0.2, 0) is 4.74 Å². The number of hydrogen-bond donors (Lipinski definition) is 1. The molecule has 1 aromatic rings. The molecule has 2 aliphatic heterocycles. The number of nitrogens with one attached hydrogen (secondary N) is 1. The van der Waals surface area contributed by atoms with Crippen molar-refractivity contribution >= 4 is 11.8 Å². The first-order valence-corrected chi connectivity index (χ1v) is 8.93. The molecule has 2 aliphatic rings. The van der Waals surface area contributed by atoms with Gasteiger partial charge in [-0.25, -0.2) is 4.98 Å². The predicted molar refractivity (Wildman–Crippen MR) is 93.2 cm³/mol. The highest BCUT2D eigenvalue weighted by molar-refractivity contribution is 5.45. The molecule has 0 aliphatic carbocycles. The van der Waals surface area contributed by atoms with Crippen LogP contribution in [0.4, 0.5) is 11.8 Å². The van der Waals surface area contributed by atoms with E-state index in [4.69, 9.17) is 4.74 Å². The molecule has 2 fully saturated rings. The van der Waals surface area contributed by atoms with Crippen molar-refractivity contribution in [1.82, 2.24) is 14.9 Å². The van der Waals surface area contributed by atoms with Crippen molar-refractivity contribution in [3.8, 4) is 0 Å². The molecule has 2 saturated heterocycles. The number of rotatable bonds is 5. The van der Waals surface area contributed by atoms with Crippen LogP contribution in [0.3, 0.4) is 0 Å². The topological polar surface area (TPSA) is 53.5 Å². The first-order valence-electron chi connectivity index (χ1n) is 8.93. The van der Waals surface area contributed by atoms with Gasteiger partial charge in [0, 0.05) is 57.6 Å². The highest BCUT2D eigenvalue weighted by Crippen LogP contribution is 2.19. The molecule has 128 valence electrons. The Labute approximate surface area is 139 Å². The summed E-state index contributed by atoms with van der Waals surface area (Å²) in [6, 6.07) is 2.08. The molecule has 0 bridgehead atoms. The van der Waals surface area contributed by atoms with Crippen molar-refractivity contribution in [3.05, 3.63) is 11.8 Å². The van der Waals surface area contributed by atoms with Crippen LogP contribution in [0, 0.1) is 6.92 Å². The summed E-state index contributed by atoms with van der Waals surface area (Å²) in [6.07, 6.45) is 4.21. The number of hydrogen-bond acceptors (Lipinski definition) is 6. The van der Waals surface area contributed by atoms with Crippen LogP contribution in [-0.4, -0.2) is 66.8 Å². The molecule has 0 saturated carbocycles. The lowest BCUT2D eigenvalue weighted by Crippen LogP contribution is -2.49. The maximum atomic E-state index is 5.87. The van der Waals surface area contributed by atoms with E-state index in [-0.39, 0.29) is 0 Å². The summed E-state index contributed by atoms with van der Waals surface area (Å²) in [5, 5.41) is 3.21. The van der Waals surface area contributed by atoms with Gasteiger partial charge >= 0.3 is 0 Å². The Bertz CT molecular complexity index is 496. The summed E-state index contributed by atoms with van der Waals surface area (Å²) in [5.41, 5.74) is 1.02. The van der Waals surface area contributed by atoms with Gasteiger partial charge in [-0.3, -0.25) is 4.90 Å². The van der Waals surface area contributed by atoms with Crippen LogP contribution in [0.2, 0.25) is 0 Å². The Morgan fingerprint density at radius 3 is 2.74 bits per heavy atom. The summed E-state index contributed by atoms with van der Waals surface area (Å²) in [5.74, 6) is 1.78. The van der Waals surface area contributed by atoms with Crippen molar-refractivity contribution in [2.75, 3.05) is 56.1 Å². The monoisotopic (exact) mass is 319 g/mol. The molecule has 3 heterocycles. The van der Waals surface area contributed by atoms with Gasteiger partial charge in [0.15, 0.2) is 0 Å². The Kier molecular flexibility index (Phi) is 5.67. The molecule has 0 spiro atoms. The van der Waals surface area contributed by atoms with Crippen LogP contribution < -0.4 is 10.2 Å². The summed E-state index contributed by atoms with van der Waals surface area (Å²) >= 11 is 0. The molecule has 23 heavy (non-hydrogen) atoms.